The second-order valence-corrected chi connectivity index (χ2v) is 4.82. The van der Waals surface area contributed by atoms with E-state index in [1.165, 1.54) is 4.88 Å². The van der Waals surface area contributed by atoms with Crippen LogP contribution in [0.3, 0.4) is 0 Å². The third-order valence-electron chi connectivity index (χ3n) is 1.77. The van der Waals surface area contributed by atoms with Crippen LogP contribution in [0.5, 0.6) is 5.75 Å². The Morgan fingerprint density at radius 1 is 1.38 bits per heavy atom. The fraction of sp³-hybridized carbons (Fsp3) is 0.111. The minimum atomic E-state index is 0.150. The highest BCUT2D eigenvalue weighted by Crippen LogP contribution is 2.34. The predicted octanol–water partition coefficient (Wildman–Crippen LogP) is 4.16. The van der Waals surface area contributed by atoms with Crippen molar-refractivity contribution in [2.75, 3.05) is 0 Å². The van der Waals surface area contributed by atoms with Gasteiger partial charge in [-0.15, -0.1) is 11.3 Å². The van der Waals surface area contributed by atoms with Crippen LogP contribution >= 0.6 is 38.9 Å². The first-order valence-corrected chi connectivity index (χ1v) is 5.99. The summed E-state index contributed by atoms with van der Waals surface area (Å²) >= 11 is 10.8. The molecule has 0 spiro atoms. The van der Waals surface area contributed by atoms with Crippen LogP contribution in [0.15, 0.2) is 18.2 Å². The third-order valence-corrected chi connectivity index (χ3v) is 4.14. The Bertz CT molecular complexity index is 413. The molecule has 0 fully saturated rings. The Morgan fingerprint density at radius 3 is 2.85 bits per heavy atom. The molecule has 2 aromatic rings. The molecule has 0 aliphatic carbocycles. The number of rotatable bonds is 1. The maximum absolute atomic E-state index is 9.36. The highest BCUT2D eigenvalue weighted by molar-refractivity contribution is 9.08. The summed E-state index contributed by atoms with van der Waals surface area (Å²) in [5.41, 5.74) is 0. The zero-order valence-corrected chi connectivity index (χ0v) is 9.71. The van der Waals surface area contributed by atoms with Gasteiger partial charge in [0.15, 0.2) is 0 Å². The summed E-state index contributed by atoms with van der Waals surface area (Å²) in [6, 6.07) is 5.56. The van der Waals surface area contributed by atoms with Gasteiger partial charge in [-0.25, -0.2) is 0 Å². The number of hydrogen-bond donors (Lipinski definition) is 1. The van der Waals surface area contributed by atoms with Gasteiger partial charge in [0.05, 0.1) is 5.02 Å². The Labute approximate surface area is 93.1 Å². The number of benzene rings is 1. The van der Waals surface area contributed by atoms with E-state index in [2.05, 4.69) is 22.0 Å². The summed E-state index contributed by atoms with van der Waals surface area (Å²) < 4.78 is 1.07. The normalized spacial score (nSPS) is 10.9. The standard InChI is InChI=1S/C9H6BrClOS/c10-4-6-1-5-2-7(11)8(12)3-9(5)13-6/h1-3,12H,4H2. The first-order chi connectivity index (χ1) is 6.20. The second kappa shape index (κ2) is 3.48. The van der Waals surface area contributed by atoms with Crippen LogP contribution in [-0.2, 0) is 5.33 Å². The van der Waals surface area contributed by atoms with Gasteiger partial charge in [0.25, 0.3) is 0 Å². The molecule has 1 N–H and O–H groups in total. The number of halogens is 2. The molecule has 0 atom stereocenters. The van der Waals surface area contributed by atoms with Crippen molar-refractivity contribution in [2.24, 2.45) is 0 Å². The van der Waals surface area contributed by atoms with Gasteiger partial charge < -0.3 is 5.11 Å². The number of hydrogen-bond acceptors (Lipinski definition) is 2. The molecule has 0 bridgehead atoms. The predicted molar refractivity (Wildman–Crippen MR) is 61.1 cm³/mol. The average molecular weight is 278 g/mol. The van der Waals surface area contributed by atoms with Crippen LogP contribution in [0.4, 0.5) is 0 Å². The first-order valence-electron chi connectivity index (χ1n) is 3.67. The molecule has 4 heteroatoms. The van der Waals surface area contributed by atoms with E-state index in [1.807, 2.05) is 0 Å². The lowest BCUT2D eigenvalue weighted by Crippen LogP contribution is -1.67. The molecule has 1 heterocycles. The summed E-state index contributed by atoms with van der Waals surface area (Å²) in [5, 5.41) is 11.7. The van der Waals surface area contributed by atoms with Gasteiger partial charge in [-0.2, -0.15) is 0 Å². The zero-order valence-electron chi connectivity index (χ0n) is 6.55. The third kappa shape index (κ3) is 1.68. The van der Waals surface area contributed by atoms with E-state index in [0.717, 1.165) is 15.4 Å². The maximum Gasteiger partial charge on any atom is 0.135 e. The summed E-state index contributed by atoms with van der Waals surface area (Å²) in [6.07, 6.45) is 0. The van der Waals surface area contributed by atoms with Crippen molar-refractivity contribution in [1.29, 1.82) is 0 Å². The monoisotopic (exact) mass is 276 g/mol. The van der Waals surface area contributed by atoms with E-state index >= 15 is 0 Å². The number of alkyl halides is 1. The van der Waals surface area contributed by atoms with E-state index < -0.39 is 0 Å². The van der Waals surface area contributed by atoms with E-state index in [1.54, 1.807) is 23.5 Å². The molecule has 13 heavy (non-hydrogen) atoms. The smallest absolute Gasteiger partial charge is 0.135 e. The lowest BCUT2D eigenvalue weighted by atomic mass is 10.2. The quantitative estimate of drug-likeness (QED) is 0.776. The Balaban J connectivity index is 2.70. The molecule has 1 aromatic carbocycles. The molecule has 0 unspecified atom stereocenters. The Kier molecular flexibility index (Phi) is 2.49. The lowest BCUT2D eigenvalue weighted by Gasteiger charge is -1.94. The van der Waals surface area contributed by atoms with Gasteiger partial charge in [-0.1, -0.05) is 27.5 Å². The van der Waals surface area contributed by atoms with Crippen molar-refractivity contribution < 1.29 is 5.11 Å². The van der Waals surface area contributed by atoms with Crippen molar-refractivity contribution >= 4 is 49.0 Å². The fourth-order valence-corrected chi connectivity index (χ4v) is 2.78. The Hall–Kier alpha value is -0.250. The average Bonchev–Trinajstić information content (AvgIpc) is 2.48. The molecule has 0 saturated heterocycles. The summed E-state index contributed by atoms with van der Waals surface area (Å²) in [6.45, 7) is 0. The number of thiophene rings is 1. The van der Waals surface area contributed by atoms with Gasteiger partial charge in [0, 0.05) is 14.9 Å². The van der Waals surface area contributed by atoms with E-state index in [0.29, 0.717) is 5.02 Å². The molecule has 0 saturated carbocycles. The second-order valence-electron chi connectivity index (χ2n) is 2.69. The van der Waals surface area contributed by atoms with Gasteiger partial charge in [-0.05, 0) is 23.6 Å². The zero-order chi connectivity index (χ0) is 9.42. The summed E-state index contributed by atoms with van der Waals surface area (Å²) in [7, 11) is 0. The summed E-state index contributed by atoms with van der Waals surface area (Å²) in [5.74, 6) is 0.150. The van der Waals surface area contributed by atoms with Crippen LogP contribution in [0.25, 0.3) is 10.1 Å². The Morgan fingerprint density at radius 2 is 2.15 bits per heavy atom. The SMILES string of the molecule is Oc1cc2sc(CBr)cc2cc1Cl. The van der Waals surface area contributed by atoms with Gasteiger partial charge >= 0.3 is 0 Å². The minimum Gasteiger partial charge on any atom is -0.506 e. The van der Waals surface area contributed by atoms with Gasteiger partial charge in [0.1, 0.15) is 5.75 Å². The largest absolute Gasteiger partial charge is 0.506 e. The minimum absolute atomic E-state index is 0.150. The molecule has 68 valence electrons. The number of fused-ring (bicyclic) bond motifs is 1. The van der Waals surface area contributed by atoms with E-state index in [9.17, 15) is 5.11 Å². The lowest BCUT2D eigenvalue weighted by molar-refractivity contribution is 0.476. The number of phenolic OH excluding ortho intramolecular Hbond substituents is 1. The van der Waals surface area contributed by atoms with Crippen LogP contribution in [0.2, 0.25) is 5.02 Å². The van der Waals surface area contributed by atoms with Crippen LogP contribution in [0, 0.1) is 0 Å². The maximum atomic E-state index is 9.36. The molecule has 0 radical (unpaired) electrons. The molecular weight excluding hydrogens is 272 g/mol. The van der Waals surface area contributed by atoms with Crippen molar-refractivity contribution in [2.45, 2.75) is 5.33 Å². The van der Waals surface area contributed by atoms with Crippen LogP contribution in [0.1, 0.15) is 4.88 Å². The molecule has 1 aromatic heterocycles. The molecule has 0 amide bonds. The molecule has 0 aliphatic heterocycles. The van der Waals surface area contributed by atoms with Crippen molar-refractivity contribution in [3.8, 4) is 5.75 Å². The van der Waals surface area contributed by atoms with Crippen molar-refractivity contribution in [1.82, 2.24) is 0 Å². The van der Waals surface area contributed by atoms with Gasteiger partial charge in [-0.3, -0.25) is 0 Å². The number of phenols is 1. The first kappa shape index (κ1) is 9.31. The summed E-state index contributed by atoms with van der Waals surface area (Å²) in [4.78, 5) is 1.23. The van der Waals surface area contributed by atoms with Crippen molar-refractivity contribution in [3.63, 3.8) is 0 Å². The van der Waals surface area contributed by atoms with E-state index in [4.69, 9.17) is 11.6 Å². The molecule has 1 nitrogen and oxygen atoms in total. The highest BCUT2D eigenvalue weighted by atomic mass is 79.9. The van der Waals surface area contributed by atoms with Crippen molar-refractivity contribution in [3.05, 3.63) is 28.1 Å². The molecule has 0 aliphatic rings. The number of aromatic hydroxyl groups is 1. The van der Waals surface area contributed by atoms with Crippen LogP contribution in [-0.4, -0.2) is 5.11 Å². The molecule has 2 rings (SSSR count). The van der Waals surface area contributed by atoms with Crippen LogP contribution < -0.4 is 0 Å². The van der Waals surface area contributed by atoms with E-state index in [-0.39, 0.29) is 5.75 Å². The fourth-order valence-electron chi connectivity index (χ4n) is 1.17. The topological polar surface area (TPSA) is 20.2 Å². The molecular formula is C9H6BrClOS. The highest BCUT2D eigenvalue weighted by Gasteiger charge is 2.05. The van der Waals surface area contributed by atoms with Gasteiger partial charge in [0.2, 0.25) is 0 Å².